The predicted octanol–water partition coefficient (Wildman–Crippen LogP) is 4.49. The topological polar surface area (TPSA) is 55.1 Å². The van der Waals surface area contributed by atoms with Crippen molar-refractivity contribution < 1.29 is 18.0 Å². The van der Waals surface area contributed by atoms with Gasteiger partial charge in [-0.1, -0.05) is 12.1 Å². The first kappa shape index (κ1) is 15.9. The van der Waals surface area contributed by atoms with Gasteiger partial charge < -0.3 is 9.73 Å². The third kappa shape index (κ3) is 3.17. The Morgan fingerprint density at radius 2 is 1.75 bits per heavy atom. The van der Waals surface area contributed by atoms with Crippen molar-refractivity contribution in [2.24, 2.45) is 0 Å². The summed E-state index contributed by atoms with van der Waals surface area (Å²) in [5, 5.41) is 2.63. The molecule has 24 heavy (non-hydrogen) atoms. The third-order valence-corrected chi connectivity index (χ3v) is 3.50. The fourth-order valence-electron chi connectivity index (χ4n) is 2.35. The molecule has 0 aliphatic rings. The van der Waals surface area contributed by atoms with Gasteiger partial charge in [-0.25, -0.2) is 13.8 Å². The SMILES string of the molecule is Cc1nc(-c2ccc(NC(=O)c3ccc(F)c(F)c3)cc2)c(C)o1. The predicted molar refractivity (Wildman–Crippen MR) is 85.7 cm³/mol. The van der Waals surface area contributed by atoms with Gasteiger partial charge in [0.2, 0.25) is 0 Å². The molecule has 1 aromatic heterocycles. The summed E-state index contributed by atoms with van der Waals surface area (Å²) in [6, 6.07) is 10.0. The lowest BCUT2D eigenvalue weighted by Crippen LogP contribution is -2.12. The Bertz CT molecular complexity index is 902. The van der Waals surface area contributed by atoms with Gasteiger partial charge in [-0.3, -0.25) is 4.79 Å². The van der Waals surface area contributed by atoms with Gasteiger partial charge in [0.25, 0.3) is 5.91 Å². The number of halogens is 2. The number of anilines is 1. The summed E-state index contributed by atoms with van der Waals surface area (Å²) in [4.78, 5) is 16.4. The third-order valence-electron chi connectivity index (χ3n) is 3.50. The number of amides is 1. The monoisotopic (exact) mass is 328 g/mol. The van der Waals surface area contributed by atoms with E-state index >= 15 is 0 Å². The van der Waals surface area contributed by atoms with E-state index < -0.39 is 17.5 Å². The molecule has 3 aromatic rings. The lowest BCUT2D eigenvalue weighted by Gasteiger charge is -2.06. The first-order valence-corrected chi connectivity index (χ1v) is 7.25. The van der Waals surface area contributed by atoms with Crippen LogP contribution in [0.4, 0.5) is 14.5 Å². The minimum Gasteiger partial charge on any atom is -0.446 e. The van der Waals surface area contributed by atoms with E-state index in [0.29, 0.717) is 17.3 Å². The van der Waals surface area contributed by atoms with Gasteiger partial charge in [-0.2, -0.15) is 0 Å². The maximum absolute atomic E-state index is 13.2. The zero-order chi connectivity index (χ0) is 17.3. The molecular weight excluding hydrogens is 314 g/mol. The standard InChI is InChI=1S/C18H14F2N2O2/c1-10-17(21-11(2)24-10)12-3-6-14(7-4-12)22-18(23)13-5-8-15(19)16(20)9-13/h3-9H,1-2H3,(H,22,23). The van der Waals surface area contributed by atoms with Gasteiger partial charge in [0.15, 0.2) is 17.5 Å². The van der Waals surface area contributed by atoms with Gasteiger partial charge in [0.05, 0.1) is 0 Å². The minimum absolute atomic E-state index is 0.0425. The summed E-state index contributed by atoms with van der Waals surface area (Å²) in [7, 11) is 0. The van der Waals surface area contributed by atoms with Crippen LogP contribution in [-0.2, 0) is 0 Å². The van der Waals surface area contributed by atoms with Gasteiger partial charge in [0, 0.05) is 23.7 Å². The number of carbonyl (C=O) groups excluding carboxylic acids is 1. The Kier molecular flexibility index (Phi) is 4.12. The molecule has 0 spiro atoms. The maximum Gasteiger partial charge on any atom is 0.255 e. The van der Waals surface area contributed by atoms with E-state index in [2.05, 4.69) is 10.3 Å². The van der Waals surface area contributed by atoms with Crippen molar-refractivity contribution in [2.75, 3.05) is 5.32 Å². The molecule has 3 rings (SSSR count). The first-order chi connectivity index (χ1) is 11.4. The zero-order valence-electron chi connectivity index (χ0n) is 13.1. The molecule has 0 saturated carbocycles. The van der Waals surface area contributed by atoms with E-state index in [1.165, 1.54) is 6.07 Å². The highest BCUT2D eigenvalue weighted by atomic mass is 19.2. The molecule has 0 aliphatic carbocycles. The Morgan fingerprint density at radius 3 is 2.33 bits per heavy atom. The van der Waals surface area contributed by atoms with Gasteiger partial charge >= 0.3 is 0 Å². The van der Waals surface area contributed by atoms with Crippen LogP contribution in [0, 0.1) is 25.5 Å². The van der Waals surface area contributed by atoms with Crippen LogP contribution in [-0.4, -0.2) is 10.9 Å². The number of nitrogens with zero attached hydrogens (tertiary/aromatic N) is 1. The lowest BCUT2D eigenvalue weighted by molar-refractivity contribution is 0.102. The number of aromatic nitrogens is 1. The van der Waals surface area contributed by atoms with E-state index in [1.54, 1.807) is 31.2 Å². The average molecular weight is 328 g/mol. The van der Waals surface area contributed by atoms with Crippen molar-refractivity contribution in [3.8, 4) is 11.3 Å². The van der Waals surface area contributed by atoms with E-state index in [9.17, 15) is 13.6 Å². The van der Waals surface area contributed by atoms with Crippen LogP contribution >= 0.6 is 0 Å². The molecule has 1 heterocycles. The Labute approximate surface area is 137 Å². The molecule has 0 atom stereocenters. The van der Waals surface area contributed by atoms with Crippen LogP contribution in [0.2, 0.25) is 0 Å². The van der Waals surface area contributed by atoms with E-state index in [-0.39, 0.29) is 5.56 Å². The number of oxazole rings is 1. The minimum atomic E-state index is -1.06. The number of aryl methyl sites for hydroxylation is 2. The normalized spacial score (nSPS) is 10.7. The molecule has 0 aliphatic heterocycles. The van der Waals surface area contributed by atoms with Gasteiger partial charge in [0.1, 0.15) is 11.5 Å². The van der Waals surface area contributed by atoms with Gasteiger partial charge in [-0.05, 0) is 37.3 Å². The molecule has 1 N–H and O–H groups in total. The molecule has 6 heteroatoms. The molecule has 122 valence electrons. The van der Waals surface area contributed by atoms with Crippen molar-refractivity contribution in [1.82, 2.24) is 4.98 Å². The fraction of sp³-hybridized carbons (Fsp3) is 0.111. The smallest absolute Gasteiger partial charge is 0.255 e. The second-order valence-corrected chi connectivity index (χ2v) is 5.30. The highest BCUT2D eigenvalue weighted by Crippen LogP contribution is 2.24. The zero-order valence-corrected chi connectivity index (χ0v) is 13.1. The van der Waals surface area contributed by atoms with E-state index in [1.807, 2.05) is 6.92 Å². The van der Waals surface area contributed by atoms with E-state index in [4.69, 9.17) is 4.42 Å². The number of rotatable bonds is 3. The summed E-state index contributed by atoms with van der Waals surface area (Å²) in [5.41, 5.74) is 2.17. The summed E-state index contributed by atoms with van der Waals surface area (Å²) >= 11 is 0. The number of hydrogen-bond donors (Lipinski definition) is 1. The fourth-order valence-corrected chi connectivity index (χ4v) is 2.35. The van der Waals surface area contributed by atoms with Crippen LogP contribution in [0.3, 0.4) is 0 Å². The molecule has 0 saturated heterocycles. The van der Waals surface area contributed by atoms with Crippen LogP contribution in [0.5, 0.6) is 0 Å². The van der Waals surface area contributed by atoms with Crippen LogP contribution in [0.15, 0.2) is 46.9 Å². The Hall–Kier alpha value is -3.02. The number of hydrogen-bond acceptors (Lipinski definition) is 3. The molecule has 4 nitrogen and oxygen atoms in total. The molecule has 0 bridgehead atoms. The number of carbonyl (C=O) groups is 1. The number of nitrogens with one attached hydrogen (secondary N) is 1. The van der Waals surface area contributed by atoms with E-state index in [0.717, 1.165) is 23.4 Å². The molecule has 2 aromatic carbocycles. The summed E-state index contributed by atoms with van der Waals surface area (Å²) < 4.78 is 31.5. The summed E-state index contributed by atoms with van der Waals surface area (Å²) in [6.07, 6.45) is 0. The Balaban J connectivity index is 1.77. The molecule has 1 amide bonds. The first-order valence-electron chi connectivity index (χ1n) is 7.25. The second kappa shape index (κ2) is 6.23. The lowest BCUT2D eigenvalue weighted by atomic mass is 10.1. The quantitative estimate of drug-likeness (QED) is 0.771. The molecule has 0 fully saturated rings. The van der Waals surface area contributed by atoms with Crippen LogP contribution in [0.1, 0.15) is 22.0 Å². The summed E-state index contributed by atoms with van der Waals surface area (Å²) in [6.45, 7) is 3.60. The highest BCUT2D eigenvalue weighted by Gasteiger charge is 2.12. The molecular formula is C18H14F2N2O2. The van der Waals surface area contributed by atoms with Crippen molar-refractivity contribution in [2.45, 2.75) is 13.8 Å². The number of benzene rings is 2. The van der Waals surface area contributed by atoms with Crippen LogP contribution < -0.4 is 5.32 Å². The van der Waals surface area contributed by atoms with Gasteiger partial charge in [-0.15, -0.1) is 0 Å². The largest absolute Gasteiger partial charge is 0.446 e. The maximum atomic E-state index is 13.2. The average Bonchev–Trinajstić information content (AvgIpc) is 2.89. The highest BCUT2D eigenvalue weighted by molar-refractivity contribution is 6.04. The molecule has 0 unspecified atom stereocenters. The van der Waals surface area contributed by atoms with Crippen molar-refractivity contribution in [3.63, 3.8) is 0 Å². The molecule has 0 radical (unpaired) electrons. The van der Waals surface area contributed by atoms with Crippen molar-refractivity contribution >= 4 is 11.6 Å². The van der Waals surface area contributed by atoms with Crippen LogP contribution in [0.25, 0.3) is 11.3 Å². The second-order valence-electron chi connectivity index (χ2n) is 5.30. The Morgan fingerprint density at radius 1 is 1.04 bits per heavy atom. The van der Waals surface area contributed by atoms with Crippen molar-refractivity contribution in [1.29, 1.82) is 0 Å². The summed E-state index contributed by atoms with van der Waals surface area (Å²) in [5.74, 6) is -1.27. The van der Waals surface area contributed by atoms with Crippen molar-refractivity contribution in [3.05, 3.63) is 71.3 Å².